The van der Waals surface area contributed by atoms with Gasteiger partial charge in [0.25, 0.3) is 5.91 Å². The zero-order valence-corrected chi connectivity index (χ0v) is 12.5. The van der Waals surface area contributed by atoms with Gasteiger partial charge in [0.15, 0.2) is 0 Å². The number of amides is 1. The van der Waals surface area contributed by atoms with Gasteiger partial charge < -0.3 is 15.4 Å². The number of halogens is 1. The molecule has 2 N–H and O–H groups in total. The van der Waals surface area contributed by atoms with Gasteiger partial charge in [0.05, 0.1) is 11.4 Å². The molecule has 1 atom stereocenters. The standard InChI is InChI=1S/C13H19BrN2O2/c1-4-15-11-7-6-10(14)8-12(11)16-13(17)9(3)18-5-2/h6-9,15H,4-5H2,1-3H3,(H,16,17)/t9-/m0/s1. The topological polar surface area (TPSA) is 50.4 Å². The Kier molecular flexibility index (Phi) is 6.15. The average molecular weight is 315 g/mol. The van der Waals surface area contributed by atoms with Gasteiger partial charge in [-0.25, -0.2) is 0 Å². The van der Waals surface area contributed by atoms with Crippen LogP contribution in [0.3, 0.4) is 0 Å². The molecule has 0 unspecified atom stereocenters. The smallest absolute Gasteiger partial charge is 0.253 e. The third-order valence-electron chi connectivity index (χ3n) is 2.39. The quantitative estimate of drug-likeness (QED) is 0.847. The maximum atomic E-state index is 11.9. The van der Waals surface area contributed by atoms with E-state index in [1.807, 2.05) is 32.0 Å². The van der Waals surface area contributed by atoms with Crippen molar-refractivity contribution in [3.05, 3.63) is 22.7 Å². The first-order chi connectivity index (χ1) is 8.58. The van der Waals surface area contributed by atoms with E-state index in [1.54, 1.807) is 6.92 Å². The molecule has 0 aliphatic heterocycles. The van der Waals surface area contributed by atoms with Crippen LogP contribution in [0.2, 0.25) is 0 Å². The second-order valence-electron chi connectivity index (χ2n) is 3.81. The molecule has 18 heavy (non-hydrogen) atoms. The van der Waals surface area contributed by atoms with Crippen LogP contribution in [-0.2, 0) is 9.53 Å². The summed E-state index contributed by atoms with van der Waals surface area (Å²) in [5.41, 5.74) is 1.65. The summed E-state index contributed by atoms with van der Waals surface area (Å²) in [7, 11) is 0. The molecule has 4 nitrogen and oxygen atoms in total. The van der Waals surface area contributed by atoms with Gasteiger partial charge in [-0.1, -0.05) is 15.9 Å². The van der Waals surface area contributed by atoms with E-state index in [0.29, 0.717) is 6.61 Å². The van der Waals surface area contributed by atoms with Gasteiger partial charge in [0, 0.05) is 17.6 Å². The van der Waals surface area contributed by atoms with Crippen LogP contribution in [0.25, 0.3) is 0 Å². The SMILES string of the molecule is CCNc1ccc(Br)cc1NC(=O)[C@H](C)OCC. The van der Waals surface area contributed by atoms with Crippen LogP contribution >= 0.6 is 15.9 Å². The summed E-state index contributed by atoms with van der Waals surface area (Å²) in [6, 6.07) is 5.72. The van der Waals surface area contributed by atoms with Crippen molar-refractivity contribution in [2.45, 2.75) is 26.9 Å². The zero-order valence-electron chi connectivity index (χ0n) is 10.9. The van der Waals surface area contributed by atoms with Crippen LogP contribution in [0.5, 0.6) is 0 Å². The zero-order chi connectivity index (χ0) is 13.5. The Morgan fingerprint density at radius 3 is 2.72 bits per heavy atom. The predicted molar refractivity (Wildman–Crippen MR) is 78.0 cm³/mol. The first kappa shape index (κ1) is 15.0. The summed E-state index contributed by atoms with van der Waals surface area (Å²) in [6.07, 6.45) is -0.455. The molecule has 0 spiro atoms. The lowest BCUT2D eigenvalue weighted by atomic mass is 10.2. The van der Waals surface area contributed by atoms with Crippen LogP contribution in [0, 0.1) is 0 Å². The highest BCUT2D eigenvalue weighted by Gasteiger charge is 2.14. The summed E-state index contributed by atoms with van der Waals surface area (Å²) >= 11 is 3.39. The van der Waals surface area contributed by atoms with Gasteiger partial charge in [0.2, 0.25) is 0 Å². The Bertz CT molecular complexity index is 410. The molecule has 1 amide bonds. The molecule has 5 heteroatoms. The second kappa shape index (κ2) is 7.38. The van der Waals surface area contributed by atoms with Crippen molar-refractivity contribution >= 4 is 33.2 Å². The number of ether oxygens (including phenoxy) is 1. The number of rotatable bonds is 6. The van der Waals surface area contributed by atoms with E-state index in [-0.39, 0.29) is 5.91 Å². The van der Waals surface area contributed by atoms with Crippen LogP contribution in [0.15, 0.2) is 22.7 Å². The van der Waals surface area contributed by atoms with E-state index < -0.39 is 6.10 Å². The van der Waals surface area contributed by atoms with Gasteiger partial charge in [0.1, 0.15) is 6.10 Å². The van der Waals surface area contributed by atoms with Crippen molar-refractivity contribution in [3.8, 4) is 0 Å². The van der Waals surface area contributed by atoms with Crippen LogP contribution in [0.4, 0.5) is 11.4 Å². The van der Waals surface area contributed by atoms with E-state index >= 15 is 0 Å². The minimum absolute atomic E-state index is 0.144. The predicted octanol–water partition coefficient (Wildman–Crippen LogP) is 3.24. The Morgan fingerprint density at radius 1 is 1.39 bits per heavy atom. The molecule has 100 valence electrons. The van der Waals surface area contributed by atoms with Crippen molar-refractivity contribution in [2.24, 2.45) is 0 Å². The van der Waals surface area contributed by atoms with Crippen molar-refractivity contribution in [1.82, 2.24) is 0 Å². The summed E-state index contributed by atoms with van der Waals surface area (Å²) in [5.74, 6) is -0.144. The summed E-state index contributed by atoms with van der Waals surface area (Å²) < 4.78 is 6.18. The first-order valence-corrected chi connectivity index (χ1v) is 6.83. The molecule has 0 heterocycles. The van der Waals surface area contributed by atoms with Crippen molar-refractivity contribution < 1.29 is 9.53 Å². The highest BCUT2D eigenvalue weighted by Crippen LogP contribution is 2.26. The number of anilines is 2. The minimum atomic E-state index is -0.455. The summed E-state index contributed by atoms with van der Waals surface area (Å²) in [6.45, 7) is 6.94. The molecule has 1 aromatic carbocycles. The number of nitrogens with one attached hydrogen (secondary N) is 2. The first-order valence-electron chi connectivity index (χ1n) is 6.04. The van der Waals surface area contributed by atoms with E-state index in [2.05, 4.69) is 26.6 Å². The molecule has 1 aromatic rings. The second-order valence-corrected chi connectivity index (χ2v) is 4.72. The molecular formula is C13H19BrN2O2. The minimum Gasteiger partial charge on any atom is -0.384 e. The van der Waals surface area contributed by atoms with Crippen LogP contribution in [0.1, 0.15) is 20.8 Å². The maximum absolute atomic E-state index is 11.9. The molecule has 0 saturated carbocycles. The fourth-order valence-corrected chi connectivity index (χ4v) is 1.89. The molecule has 0 aromatic heterocycles. The maximum Gasteiger partial charge on any atom is 0.253 e. The fraction of sp³-hybridized carbons (Fsp3) is 0.462. The van der Waals surface area contributed by atoms with Crippen molar-refractivity contribution in [3.63, 3.8) is 0 Å². The highest BCUT2D eigenvalue weighted by atomic mass is 79.9. The lowest BCUT2D eigenvalue weighted by Crippen LogP contribution is -2.28. The normalized spacial score (nSPS) is 12.0. The highest BCUT2D eigenvalue weighted by molar-refractivity contribution is 9.10. The lowest BCUT2D eigenvalue weighted by Gasteiger charge is -2.15. The number of hydrogen-bond donors (Lipinski definition) is 2. The number of benzene rings is 1. The molecule has 0 bridgehead atoms. The molecule has 0 fully saturated rings. The average Bonchev–Trinajstić information content (AvgIpc) is 2.33. The van der Waals surface area contributed by atoms with Gasteiger partial charge in [-0.05, 0) is 39.0 Å². The fourth-order valence-electron chi connectivity index (χ4n) is 1.52. The lowest BCUT2D eigenvalue weighted by molar-refractivity contribution is -0.126. The molecule has 0 saturated heterocycles. The monoisotopic (exact) mass is 314 g/mol. The largest absolute Gasteiger partial charge is 0.384 e. The summed E-state index contributed by atoms with van der Waals surface area (Å²) in [5, 5.41) is 6.07. The Balaban J connectivity index is 2.81. The Morgan fingerprint density at radius 2 is 2.11 bits per heavy atom. The molecular weight excluding hydrogens is 296 g/mol. The van der Waals surface area contributed by atoms with Crippen LogP contribution < -0.4 is 10.6 Å². The third-order valence-corrected chi connectivity index (χ3v) is 2.89. The molecule has 0 aliphatic rings. The molecule has 1 rings (SSSR count). The van der Waals surface area contributed by atoms with Crippen molar-refractivity contribution in [1.29, 1.82) is 0 Å². The van der Waals surface area contributed by atoms with Gasteiger partial charge in [-0.15, -0.1) is 0 Å². The van der Waals surface area contributed by atoms with E-state index in [4.69, 9.17) is 4.74 Å². The van der Waals surface area contributed by atoms with E-state index in [0.717, 1.165) is 22.4 Å². The van der Waals surface area contributed by atoms with E-state index in [9.17, 15) is 4.79 Å². The van der Waals surface area contributed by atoms with Gasteiger partial charge >= 0.3 is 0 Å². The van der Waals surface area contributed by atoms with Gasteiger partial charge in [-0.2, -0.15) is 0 Å². The number of carbonyl (C=O) groups excluding carboxylic acids is 1. The van der Waals surface area contributed by atoms with E-state index in [1.165, 1.54) is 0 Å². The number of carbonyl (C=O) groups is 1. The Labute approximate surface area is 116 Å². The van der Waals surface area contributed by atoms with Gasteiger partial charge in [-0.3, -0.25) is 4.79 Å². The molecule has 0 aliphatic carbocycles. The number of hydrogen-bond acceptors (Lipinski definition) is 3. The molecule has 0 radical (unpaired) electrons. The van der Waals surface area contributed by atoms with Crippen molar-refractivity contribution in [2.75, 3.05) is 23.8 Å². The van der Waals surface area contributed by atoms with Crippen LogP contribution in [-0.4, -0.2) is 25.2 Å². The Hall–Kier alpha value is -1.07. The summed E-state index contributed by atoms with van der Waals surface area (Å²) in [4.78, 5) is 11.9. The third kappa shape index (κ3) is 4.31.